The first kappa shape index (κ1) is 14.5. The van der Waals surface area contributed by atoms with Gasteiger partial charge in [0.05, 0.1) is 13.7 Å². The summed E-state index contributed by atoms with van der Waals surface area (Å²) in [6, 6.07) is 5.28. The lowest BCUT2D eigenvalue weighted by Gasteiger charge is -2.34. The molecule has 3 rings (SSSR count). The van der Waals surface area contributed by atoms with Crippen LogP contribution in [0.5, 0.6) is 0 Å². The van der Waals surface area contributed by atoms with Crippen molar-refractivity contribution in [1.82, 2.24) is 14.9 Å². The minimum absolute atomic E-state index is 0.244. The maximum atomic E-state index is 11.4. The molecule has 0 unspecified atom stereocenters. The van der Waals surface area contributed by atoms with Crippen molar-refractivity contribution in [3.63, 3.8) is 0 Å². The average Bonchev–Trinajstić information content (AvgIpc) is 3.04. The first-order valence-electron chi connectivity index (χ1n) is 7.17. The van der Waals surface area contributed by atoms with Crippen LogP contribution >= 0.6 is 0 Å². The van der Waals surface area contributed by atoms with Crippen LogP contribution in [0.1, 0.15) is 16.3 Å². The molecule has 2 aromatic heterocycles. The zero-order chi connectivity index (χ0) is 15.4. The van der Waals surface area contributed by atoms with E-state index in [0.717, 1.165) is 37.9 Å². The zero-order valence-corrected chi connectivity index (χ0v) is 12.4. The quantitative estimate of drug-likeness (QED) is 0.785. The Morgan fingerprint density at radius 2 is 1.95 bits per heavy atom. The molecule has 0 spiro atoms. The van der Waals surface area contributed by atoms with E-state index in [1.54, 1.807) is 18.5 Å². The lowest BCUT2D eigenvalue weighted by molar-refractivity contribution is 0.0561. The number of hydrogen-bond acceptors (Lipinski definition) is 7. The van der Waals surface area contributed by atoms with E-state index in [9.17, 15) is 4.79 Å². The van der Waals surface area contributed by atoms with Gasteiger partial charge >= 0.3 is 5.97 Å². The van der Waals surface area contributed by atoms with Crippen molar-refractivity contribution in [3.8, 4) is 0 Å². The fraction of sp³-hybridized carbons (Fsp3) is 0.400. The number of aromatic nitrogens is 2. The van der Waals surface area contributed by atoms with Crippen molar-refractivity contribution < 1.29 is 13.9 Å². The van der Waals surface area contributed by atoms with Gasteiger partial charge in [-0.1, -0.05) is 0 Å². The van der Waals surface area contributed by atoms with Crippen molar-refractivity contribution in [2.75, 3.05) is 38.2 Å². The summed E-state index contributed by atoms with van der Waals surface area (Å²) in [4.78, 5) is 24.4. The Hall–Kier alpha value is -2.41. The van der Waals surface area contributed by atoms with Crippen molar-refractivity contribution in [2.45, 2.75) is 6.54 Å². The van der Waals surface area contributed by atoms with Gasteiger partial charge in [0.2, 0.25) is 11.7 Å². The summed E-state index contributed by atoms with van der Waals surface area (Å²) in [6.07, 6.45) is 3.51. The molecule has 7 nitrogen and oxygen atoms in total. The molecule has 0 radical (unpaired) electrons. The van der Waals surface area contributed by atoms with Gasteiger partial charge in [-0.15, -0.1) is 0 Å². The van der Waals surface area contributed by atoms with Crippen molar-refractivity contribution in [2.24, 2.45) is 0 Å². The lowest BCUT2D eigenvalue weighted by atomic mass is 10.3. The van der Waals surface area contributed by atoms with Gasteiger partial charge in [0.1, 0.15) is 5.76 Å². The summed E-state index contributed by atoms with van der Waals surface area (Å²) >= 11 is 0. The van der Waals surface area contributed by atoms with Crippen molar-refractivity contribution in [1.29, 1.82) is 0 Å². The average molecular weight is 302 g/mol. The van der Waals surface area contributed by atoms with Gasteiger partial charge in [0, 0.05) is 38.6 Å². The van der Waals surface area contributed by atoms with Crippen molar-refractivity contribution >= 4 is 11.9 Å². The second-order valence-electron chi connectivity index (χ2n) is 5.07. The summed E-state index contributed by atoms with van der Waals surface area (Å²) in [6.45, 7) is 4.21. The number of esters is 1. The third-order valence-electron chi connectivity index (χ3n) is 3.63. The van der Waals surface area contributed by atoms with Crippen LogP contribution in [-0.4, -0.2) is 54.1 Å². The number of anilines is 1. The molecular formula is C15H18N4O3. The Balaban J connectivity index is 1.54. The molecule has 1 fully saturated rings. The van der Waals surface area contributed by atoms with Crippen LogP contribution in [0.25, 0.3) is 0 Å². The van der Waals surface area contributed by atoms with Crippen LogP contribution in [0, 0.1) is 0 Å². The SMILES string of the molecule is COC(=O)c1ccc(CN2CCN(c3ncccn3)CC2)o1. The molecule has 3 heterocycles. The molecule has 0 aliphatic carbocycles. The van der Waals surface area contributed by atoms with Crippen LogP contribution in [0.3, 0.4) is 0 Å². The maximum Gasteiger partial charge on any atom is 0.373 e. The van der Waals surface area contributed by atoms with E-state index >= 15 is 0 Å². The Morgan fingerprint density at radius 1 is 1.23 bits per heavy atom. The highest BCUT2D eigenvalue weighted by Gasteiger charge is 2.20. The predicted molar refractivity (Wildman–Crippen MR) is 79.6 cm³/mol. The molecule has 0 atom stereocenters. The highest BCUT2D eigenvalue weighted by Crippen LogP contribution is 2.15. The zero-order valence-electron chi connectivity index (χ0n) is 12.4. The van der Waals surface area contributed by atoms with Gasteiger partial charge in [0.15, 0.2) is 0 Å². The molecule has 0 aromatic carbocycles. The van der Waals surface area contributed by atoms with Crippen molar-refractivity contribution in [3.05, 3.63) is 42.1 Å². The number of furan rings is 1. The standard InChI is InChI=1S/C15H18N4O3/c1-21-14(20)13-4-3-12(22-13)11-18-7-9-19(10-8-18)15-16-5-2-6-17-15/h2-6H,7-11H2,1H3. The topological polar surface area (TPSA) is 71.7 Å². The Morgan fingerprint density at radius 3 is 2.64 bits per heavy atom. The monoisotopic (exact) mass is 302 g/mol. The summed E-state index contributed by atoms with van der Waals surface area (Å²) in [5, 5.41) is 0. The molecule has 1 aliphatic heterocycles. The summed E-state index contributed by atoms with van der Waals surface area (Å²) in [7, 11) is 1.34. The molecule has 0 N–H and O–H groups in total. The van der Waals surface area contributed by atoms with Crippen LogP contribution in [-0.2, 0) is 11.3 Å². The Kier molecular flexibility index (Phi) is 4.34. The second kappa shape index (κ2) is 6.57. The number of nitrogens with zero attached hydrogens (tertiary/aromatic N) is 4. The highest BCUT2D eigenvalue weighted by molar-refractivity contribution is 5.86. The van der Waals surface area contributed by atoms with Crippen LogP contribution in [0.4, 0.5) is 5.95 Å². The molecule has 116 valence electrons. The van der Waals surface area contributed by atoms with Gasteiger partial charge < -0.3 is 14.1 Å². The van der Waals surface area contributed by atoms with E-state index < -0.39 is 5.97 Å². The number of ether oxygens (including phenoxy) is 1. The minimum atomic E-state index is -0.447. The summed E-state index contributed by atoms with van der Waals surface area (Å²) < 4.78 is 10.1. The minimum Gasteiger partial charge on any atom is -0.463 e. The fourth-order valence-corrected chi connectivity index (χ4v) is 2.45. The number of methoxy groups -OCH3 is 1. The maximum absolute atomic E-state index is 11.4. The molecule has 2 aromatic rings. The molecule has 0 amide bonds. The molecule has 1 saturated heterocycles. The first-order chi connectivity index (χ1) is 10.8. The highest BCUT2D eigenvalue weighted by atomic mass is 16.5. The molecular weight excluding hydrogens is 284 g/mol. The van der Waals surface area contributed by atoms with Crippen LogP contribution < -0.4 is 4.90 Å². The number of carbonyl (C=O) groups excluding carboxylic acids is 1. The normalized spacial score (nSPS) is 15.8. The van der Waals surface area contributed by atoms with E-state index in [1.165, 1.54) is 7.11 Å². The smallest absolute Gasteiger partial charge is 0.373 e. The Bertz CT molecular complexity index is 621. The second-order valence-corrected chi connectivity index (χ2v) is 5.07. The predicted octanol–water partition coefficient (Wildman–Crippen LogP) is 1.18. The van der Waals surface area contributed by atoms with E-state index in [2.05, 4.69) is 24.5 Å². The largest absolute Gasteiger partial charge is 0.463 e. The van der Waals surface area contributed by atoms with E-state index in [-0.39, 0.29) is 5.76 Å². The third kappa shape index (κ3) is 3.25. The number of carbonyl (C=O) groups is 1. The number of piperazine rings is 1. The van der Waals surface area contributed by atoms with Crippen LogP contribution in [0.2, 0.25) is 0 Å². The van der Waals surface area contributed by atoms with Gasteiger partial charge in [-0.25, -0.2) is 14.8 Å². The lowest BCUT2D eigenvalue weighted by Crippen LogP contribution is -2.46. The summed E-state index contributed by atoms with van der Waals surface area (Å²) in [5.74, 6) is 1.34. The number of hydrogen-bond donors (Lipinski definition) is 0. The molecule has 0 saturated carbocycles. The van der Waals surface area contributed by atoms with E-state index in [4.69, 9.17) is 4.42 Å². The van der Waals surface area contributed by atoms with Gasteiger partial charge in [0.25, 0.3) is 0 Å². The molecule has 0 bridgehead atoms. The van der Waals surface area contributed by atoms with Gasteiger partial charge in [-0.05, 0) is 18.2 Å². The molecule has 1 aliphatic rings. The van der Waals surface area contributed by atoms with Gasteiger partial charge in [-0.3, -0.25) is 4.90 Å². The fourth-order valence-electron chi connectivity index (χ4n) is 2.45. The summed E-state index contributed by atoms with van der Waals surface area (Å²) in [5.41, 5.74) is 0. The first-order valence-corrected chi connectivity index (χ1v) is 7.17. The molecule has 22 heavy (non-hydrogen) atoms. The van der Waals surface area contributed by atoms with E-state index in [1.807, 2.05) is 12.1 Å². The van der Waals surface area contributed by atoms with E-state index in [0.29, 0.717) is 6.54 Å². The third-order valence-corrected chi connectivity index (χ3v) is 3.63. The van der Waals surface area contributed by atoms with Gasteiger partial charge in [-0.2, -0.15) is 0 Å². The van der Waals surface area contributed by atoms with Crippen LogP contribution in [0.15, 0.2) is 35.0 Å². The molecule has 7 heteroatoms. The number of rotatable bonds is 4. The Labute approximate surface area is 128 Å².